The van der Waals surface area contributed by atoms with Gasteiger partial charge in [0.1, 0.15) is 12.2 Å². The zero-order valence-corrected chi connectivity index (χ0v) is 15.1. The van der Waals surface area contributed by atoms with Crippen molar-refractivity contribution in [3.63, 3.8) is 0 Å². The summed E-state index contributed by atoms with van der Waals surface area (Å²) >= 11 is 0. The second-order valence-corrected chi connectivity index (χ2v) is 6.59. The summed E-state index contributed by atoms with van der Waals surface area (Å²) in [7, 11) is 0. The topological polar surface area (TPSA) is 69.3 Å². The van der Waals surface area contributed by atoms with Crippen molar-refractivity contribution in [2.24, 2.45) is 0 Å². The van der Waals surface area contributed by atoms with Gasteiger partial charge >= 0.3 is 0 Å². The quantitative estimate of drug-likeness (QED) is 0.781. The second kappa shape index (κ2) is 7.07. The van der Waals surface area contributed by atoms with Crippen molar-refractivity contribution in [1.29, 1.82) is 0 Å². The van der Waals surface area contributed by atoms with Gasteiger partial charge in [0.05, 0.1) is 5.69 Å². The Kier molecular flexibility index (Phi) is 4.46. The Morgan fingerprint density at radius 3 is 2.48 bits per heavy atom. The zero-order chi connectivity index (χ0) is 18.8. The van der Waals surface area contributed by atoms with Gasteiger partial charge in [0, 0.05) is 24.3 Å². The highest BCUT2D eigenvalue weighted by Crippen LogP contribution is 2.31. The van der Waals surface area contributed by atoms with Crippen LogP contribution in [0, 0.1) is 6.92 Å². The number of aromatic nitrogens is 2. The van der Waals surface area contributed by atoms with Gasteiger partial charge in [0.2, 0.25) is 5.91 Å². The van der Waals surface area contributed by atoms with E-state index in [9.17, 15) is 9.59 Å². The summed E-state index contributed by atoms with van der Waals surface area (Å²) < 4.78 is 0. The van der Waals surface area contributed by atoms with Crippen molar-refractivity contribution >= 4 is 17.5 Å². The number of anilines is 1. The predicted molar refractivity (Wildman–Crippen MR) is 103 cm³/mol. The number of nitrogens with one attached hydrogen (secondary N) is 1. The molecule has 0 bridgehead atoms. The van der Waals surface area contributed by atoms with Gasteiger partial charge in [-0.15, -0.1) is 0 Å². The summed E-state index contributed by atoms with van der Waals surface area (Å²) in [4.78, 5) is 28.7. The van der Waals surface area contributed by atoms with Crippen LogP contribution in [0.3, 0.4) is 0 Å². The van der Waals surface area contributed by atoms with E-state index < -0.39 is 0 Å². The molecule has 2 aromatic carbocycles. The fraction of sp³-hybridized carbons (Fsp3) is 0.190. The number of rotatable bonds is 3. The second-order valence-electron chi connectivity index (χ2n) is 6.59. The lowest BCUT2D eigenvalue weighted by Crippen LogP contribution is -2.52. The molecule has 0 unspecified atom stereocenters. The van der Waals surface area contributed by atoms with Crippen LogP contribution < -0.4 is 4.90 Å². The normalized spacial score (nSPS) is 14.5. The molecule has 0 spiro atoms. The highest BCUT2D eigenvalue weighted by molar-refractivity contribution is 6.03. The molecule has 1 N–H and O–H groups in total. The molecular weight excluding hydrogens is 340 g/mol. The van der Waals surface area contributed by atoms with E-state index in [0.717, 1.165) is 22.5 Å². The lowest BCUT2D eigenvalue weighted by atomic mass is 10.0. The lowest BCUT2D eigenvalue weighted by Gasteiger charge is -2.35. The SMILES string of the molecule is Cc1cc(C(=O)N2CCN(c3ccccc3-c3ccccc3)C(=O)C2)n[nH]1. The largest absolute Gasteiger partial charge is 0.326 e. The highest BCUT2D eigenvalue weighted by Gasteiger charge is 2.30. The van der Waals surface area contributed by atoms with Crippen molar-refractivity contribution in [1.82, 2.24) is 15.1 Å². The van der Waals surface area contributed by atoms with E-state index in [-0.39, 0.29) is 18.4 Å². The third kappa shape index (κ3) is 3.33. The van der Waals surface area contributed by atoms with Gasteiger partial charge in [0.25, 0.3) is 5.91 Å². The van der Waals surface area contributed by atoms with Gasteiger partial charge in [-0.25, -0.2) is 0 Å². The molecule has 2 heterocycles. The number of carbonyl (C=O) groups is 2. The standard InChI is InChI=1S/C21H20N4O2/c1-15-13-18(23-22-15)21(27)24-11-12-25(20(26)14-24)19-10-6-5-9-17(19)16-7-3-2-4-8-16/h2-10,13H,11-12,14H2,1H3,(H,22,23). The monoisotopic (exact) mass is 360 g/mol. The van der Waals surface area contributed by atoms with E-state index in [1.165, 1.54) is 0 Å². The number of nitrogens with zero attached hydrogens (tertiary/aromatic N) is 3. The van der Waals surface area contributed by atoms with Gasteiger partial charge < -0.3 is 9.80 Å². The number of aryl methyl sites for hydroxylation is 1. The van der Waals surface area contributed by atoms with Crippen LogP contribution in [0.5, 0.6) is 0 Å². The molecule has 1 fully saturated rings. The molecule has 1 saturated heterocycles. The molecular formula is C21H20N4O2. The first-order valence-electron chi connectivity index (χ1n) is 8.89. The summed E-state index contributed by atoms with van der Waals surface area (Å²) in [5.41, 5.74) is 4.11. The Hall–Kier alpha value is -3.41. The van der Waals surface area contributed by atoms with Crippen molar-refractivity contribution < 1.29 is 9.59 Å². The van der Waals surface area contributed by atoms with Crippen LogP contribution in [0.25, 0.3) is 11.1 Å². The van der Waals surface area contributed by atoms with E-state index in [0.29, 0.717) is 18.8 Å². The van der Waals surface area contributed by atoms with Gasteiger partial charge in [-0.2, -0.15) is 5.10 Å². The van der Waals surface area contributed by atoms with Crippen LogP contribution in [0.2, 0.25) is 0 Å². The Balaban J connectivity index is 1.56. The fourth-order valence-corrected chi connectivity index (χ4v) is 3.36. The van der Waals surface area contributed by atoms with E-state index in [1.54, 1.807) is 15.9 Å². The zero-order valence-electron chi connectivity index (χ0n) is 15.1. The van der Waals surface area contributed by atoms with Crippen LogP contribution in [0.1, 0.15) is 16.2 Å². The number of aromatic amines is 1. The molecule has 0 saturated carbocycles. The lowest BCUT2D eigenvalue weighted by molar-refractivity contribution is -0.120. The molecule has 3 aromatic rings. The Labute approximate surface area is 157 Å². The number of benzene rings is 2. The molecule has 0 atom stereocenters. The number of H-pyrrole nitrogens is 1. The summed E-state index contributed by atoms with van der Waals surface area (Å²) in [5, 5.41) is 6.77. The van der Waals surface area contributed by atoms with Crippen LogP contribution >= 0.6 is 0 Å². The van der Waals surface area contributed by atoms with Crippen LogP contribution in [-0.4, -0.2) is 46.5 Å². The van der Waals surface area contributed by atoms with Crippen LogP contribution in [0.4, 0.5) is 5.69 Å². The molecule has 0 aliphatic carbocycles. The number of para-hydroxylation sites is 1. The number of amides is 2. The Morgan fingerprint density at radius 2 is 1.78 bits per heavy atom. The average molecular weight is 360 g/mol. The average Bonchev–Trinajstić information content (AvgIpc) is 3.14. The first-order valence-corrected chi connectivity index (χ1v) is 8.89. The Morgan fingerprint density at radius 1 is 1.04 bits per heavy atom. The maximum absolute atomic E-state index is 12.8. The third-order valence-corrected chi connectivity index (χ3v) is 4.71. The third-order valence-electron chi connectivity index (χ3n) is 4.71. The first-order chi connectivity index (χ1) is 13.1. The molecule has 6 heteroatoms. The number of hydrogen-bond acceptors (Lipinski definition) is 3. The summed E-state index contributed by atoms with van der Waals surface area (Å²) in [6.45, 7) is 2.82. The summed E-state index contributed by atoms with van der Waals surface area (Å²) in [5.74, 6) is -0.311. The number of hydrogen-bond donors (Lipinski definition) is 1. The maximum atomic E-state index is 12.8. The maximum Gasteiger partial charge on any atom is 0.274 e. The predicted octanol–water partition coefficient (Wildman–Crippen LogP) is 2.87. The molecule has 6 nitrogen and oxygen atoms in total. The number of piperazine rings is 1. The minimum Gasteiger partial charge on any atom is -0.326 e. The summed E-state index contributed by atoms with van der Waals surface area (Å²) in [6.07, 6.45) is 0. The smallest absolute Gasteiger partial charge is 0.274 e. The molecule has 136 valence electrons. The van der Waals surface area contributed by atoms with Gasteiger partial charge in [-0.3, -0.25) is 14.7 Å². The number of carbonyl (C=O) groups excluding carboxylic acids is 2. The van der Waals surface area contributed by atoms with Crippen molar-refractivity contribution in [2.45, 2.75) is 6.92 Å². The fourth-order valence-electron chi connectivity index (χ4n) is 3.36. The van der Waals surface area contributed by atoms with E-state index in [1.807, 2.05) is 61.5 Å². The molecule has 0 radical (unpaired) electrons. The van der Waals surface area contributed by atoms with E-state index in [2.05, 4.69) is 10.2 Å². The van der Waals surface area contributed by atoms with Crippen LogP contribution in [0.15, 0.2) is 60.7 Å². The van der Waals surface area contributed by atoms with Crippen LogP contribution in [-0.2, 0) is 4.79 Å². The van der Waals surface area contributed by atoms with Gasteiger partial charge in [-0.05, 0) is 24.6 Å². The minimum absolute atomic E-state index is 0.0495. The molecule has 2 amide bonds. The van der Waals surface area contributed by atoms with Crippen molar-refractivity contribution in [2.75, 3.05) is 24.5 Å². The molecule has 1 aliphatic rings. The summed E-state index contributed by atoms with van der Waals surface area (Å²) in [6, 6.07) is 19.6. The molecule has 1 aliphatic heterocycles. The molecule has 1 aromatic heterocycles. The highest BCUT2D eigenvalue weighted by atomic mass is 16.2. The Bertz CT molecular complexity index is 981. The van der Waals surface area contributed by atoms with Gasteiger partial charge in [-0.1, -0.05) is 48.5 Å². The van der Waals surface area contributed by atoms with E-state index in [4.69, 9.17) is 0 Å². The van der Waals surface area contributed by atoms with Crippen molar-refractivity contribution in [3.05, 3.63) is 72.1 Å². The van der Waals surface area contributed by atoms with Gasteiger partial charge in [0.15, 0.2) is 0 Å². The first kappa shape index (κ1) is 17.0. The van der Waals surface area contributed by atoms with E-state index >= 15 is 0 Å². The van der Waals surface area contributed by atoms with Crippen molar-refractivity contribution in [3.8, 4) is 11.1 Å². The minimum atomic E-state index is -0.219. The molecule has 27 heavy (non-hydrogen) atoms. The molecule has 4 rings (SSSR count).